The fourth-order valence-corrected chi connectivity index (χ4v) is 2.26. The minimum absolute atomic E-state index is 0.0187. The molecule has 0 aliphatic heterocycles. The highest BCUT2D eigenvalue weighted by Gasteiger charge is 2.19. The largest absolute Gasteiger partial charge is 0.450 e. The number of hydrogen-bond acceptors (Lipinski definition) is 4. The Morgan fingerprint density at radius 2 is 1.86 bits per heavy atom. The zero-order valence-electron chi connectivity index (χ0n) is 12.3. The van der Waals surface area contributed by atoms with Crippen molar-refractivity contribution in [1.29, 1.82) is 0 Å². The van der Waals surface area contributed by atoms with Crippen molar-refractivity contribution >= 4 is 5.69 Å². The first-order valence-electron chi connectivity index (χ1n) is 6.65. The van der Waals surface area contributed by atoms with E-state index in [2.05, 4.69) is 0 Å². The molecular weight excluding hydrogens is 268 g/mol. The van der Waals surface area contributed by atoms with Crippen molar-refractivity contribution in [3.8, 4) is 11.5 Å². The zero-order chi connectivity index (χ0) is 15.6. The van der Waals surface area contributed by atoms with Crippen LogP contribution in [0, 0.1) is 30.9 Å². The second-order valence-corrected chi connectivity index (χ2v) is 5.09. The van der Waals surface area contributed by atoms with Crippen LogP contribution in [0.25, 0.3) is 0 Å². The van der Waals surface area contributed by atoms with Crippen LogP contribution in [0.3, 0.4) is 0 Å². The van der Waals surface area contributed by atoms with Crippen molar-refractivity contribution in [1.82, 2.24) is 0 Å². The molecule has 0 amide bonds. The summed E-state index contributed by atoms with van der Waals surface area (Å²) in [6.45, 7) is 5.97. The minimum Gasteiger partial charge on any atom is -0.450 e. The van der Waals surface area contributed by atoms with Gasteiger partial charge in [0.05, 0.1) is 4.92 Å². The maximum Gasteiger partial charge on any atom is 0.312 e. The molecule has 110 valence electrons. The van der Waals surface area contributed by atoms with E-state index in [1.54, 1.807) is 13.0 Å². The molecule has 21 heavy (non-hydrogen) atoms. The first-order valence-corrected chi connectivity index (χ1v) is 6.65. The number of nitrogens with zero attached hydrogens (tertiary/aromatic N) is 1. The van der Waals surface area contributed by atoms with Gasteiger partial charge in [0.15, 0.2) is 0 Å². The summed E-state index contributed by atoms with van der Waals surface area (Å²) in [5.74, 6) is 0.886. The number of nitro groups is 1. The van der Waals surface area contributed by atoms with E-state index in [0.717, 1.165) is 22.3 Å². The summed E-state index contributed by atoms with van der Waals surface area (Å²) in [6, 6.07) is 8.96. The number of ether oxygens (including phenoxy) is 1. The number of hydrogen-bond donors (Lipinski definition) is 1. The first-order chi connectivity index (χ1) is 9.92. The topological polar surface area (TPSA) is 78.4 Å². The number of rotatable bonds is 4. The smallest absolute Gasteiger partial charge is 0.312 e. The van der Waals surface area contributed by atoms with Gasteiger partial charge >= 0.3 is 5.69 Å². The van der Waals surface area contributed by atoms with Crippen molar-refractivity contribution in [3.05, 3.63) is 62.7 Å². The van der Waals surface area contributed by atoms with Gasteiger partial charge in [0.2, 0.25) is 5.75 Å². The first kappa shape index (κ1) is 15.0. The maximum absolute atomic E-state index is 11.2. The van der Waals surface area contributed by atoms with Gasteiger partial charge in [-0.3, -0.25) is 10.1 Å². The van der Waals surface area contributed by atoms with Crippen LogP contribution in [-0.4, -0.2) is 4.92 Å². The van der Waals surface area contributed by atoms with Crippen LogP contribution in [0.1, 0.15) is 22.3 Å². The molecule has 0 bridgehead atoms. The molecule has 2 aromatic carbocycles. The Kier molecular flexibility index (Phi) is 4.23. The molecule has 0 saturated heterocycles. The van der Waals surface area contributed by atoms with Gasteiger partial charge in [0.1, 0.15) is 5.75 Å². The number of nitrogens with two attached hydrogens (primary N) is 1. The molecule has 0 spiro atoms. The third kappa shape index (κ3) is 3.20. The van der Waals surface area contributed by atoms with E-state index in [0.29, 0.717) is 12.3 Å². The number of nitro benzene ring substituents is 1. The summed E-state index contributed by atoms with van der Waals surface area (Å²) >= 11 is 0. The number of benzene rings is 2. The summed E-state index contributed by atoms with van der Waals surface area (Å²) in [7, 11) is 0. The van der Waals surface area contributed by atoms with Crippen LogP contribution in [0.5, 0.6) is 11.5 Å². The quantitative estimate of drug-likeness (QED) is 0.685. The maximum atomic E-state index is 11.2. The fraction of sp³-hybridized carbons (Fsp3) is 0.250. The molecule has 0 fully saturated rings. The van der Waals surface area contributed by atoms with E-state index in [1.807, 2.05) is 32.0 Å². The van der Waals surface area contributed by atoms with Gasteiger partial charge < -0.3 is 10.5 Å². The van der Waals surface area contributed by atoms with Gasteiger partial charge in [-0.1, -0.05) is 18.2 Å². The Labute approximate surface area is 123 Å². The standard InChI is InChI=1S/C16H18N2O3/c1-10-6-12(3)16(14(7-10)18(19)20)21-15-5-4-13(9-17)8-11(15)2/h4-8H,9,17H2,1-3H3. The highest BCUT2D eigenvalue weighted by molar-refractivity contribution is 5.56. The van der Waals surface area contributed by atoms with Crippen LogP contribution in [0.15, 0.2) is 30.3 Å². The lowest BCUT2D eigenvalue weighted by Crippen LogP contribution is -2.00. The molecule has 5 heteroatoms. The monoisotopic (exact) mass is 286 g/mol. The van der Waals surface area contributed by atoms with E-state index in [-0.39, 0.29) is 11.4 Å². The number of aryl methyl sites for hydroxylation is 3. The van der Waals surface area contributed by atoms with Crippen molar-refractivity contribution in [2.24, 2.45) is 5.73 Å². The lowest BCUT2D eigenvalue weighted by atomic mass is 10.1. The fourth-order valence-electron chi connectivity index (χ4n) is 2.26. The molecule has 5 nitrogen and oxygen atoms in total. The van der Waals surface area contributed by atoms with Crippen molar-refractivity contribution in [2.75, 3.05) is 0 Å². The predicted octanol–water partition coefficient (Wildman–Crippen LogP) is 3.77. The average Bonchev–Trinajstić information content (AvgIpc) is 2.42. The van der Waals surface area contributed by atoms with Crippen LogP contribution < -0.4 is 10.5 Å². The molecule has 2 rings (SSSR count). The van der Waals surface area contributed by atoms with E-state index in [9.17, 15) is 10.1 Å². The molecule has 0 heterocycles. The van der Waals surface area contributed by atoms with E-state index < -0.39 is 4.92 Å². The van der Waals surface area contributed by atoms with Crippen LogP contribution in [0.2, 0.25) is 0 Å². The summed E-state index contributed by atoms with van der Waals surface area (Å²) in [5, 5.41) is 11.2. The molecule has 2 N–H and O–H groups in total. The Hall–Kier alpha value is -2.40. The lowest BCUT2D eigenvalue weighted by molar-refractivity contribution is -0.385. The van der Waals surface area contributed by atoms with Gasteiger partial charge in [-0.05, 0) is 49.1 Å². The predicted molar refractivity (Wildman–Crippen MR) is 81.7 cm³/mol. The van der Waals surface area contributed by atoms with Crippen LogP contribution in [-0.2, 0) is 6.54 Å². The van der Waals surface area contributed by atoms with Crippen molar-refractivity contribution in [3.63, 3.8) is 0 Å². The Morgan fingerprint density at radius 3 is 2.43 bits per heavy atom. The molecule has 0 radical (unpaired) electrons. The third-order valence-corrected chi connectivity index (χ3v) is 3.28. The summed E-state index contributed by atoms with van der Waals surface area (Å²) in [5.41, 5.74) is 9.04. The van der Waals surface area contributed by atoms with Gasteiger partial charge in [-0.15, -0.1) is 0 Å². The van der Waals surface area contributed by atoms with Crippen molar-refractivity contribution < 1.29 is 9.66 Å². The van der Waals surface area contributed by atoms with Crippen LogP contribution in [0.4, 0.5) is 5.69 Å². The summed E-state index contributed by atoms with van der Waals surface area (Å²) < 4.78 is 5.80. The second-order valence-electron chi connectivity index (χ2n) is 5.09. The highest BCUT2D eigenvalue weighted by Crippen LogP contribution is 2.36. The van der Waals surface area contributed by atoms with Gasteiger partial charge in [0, 0.05) is 12.6 Å². The van der Waals surface area contributed by atoms with Crippen LogP contribution >= 0.6 is 0 Å². The molecular formula is C16H18N2O3. The van der Waals surface area contributed by atoms with Gasteiger partial charge in [0.25, 0.3) is 0 Å². The Balaban J connectivity index is 2.46. The second kappa shape index (κ2) is 5.93. The third-order valence-electron chi connectivity index (χ3n) is 3.28. The normalized spacial score (nSPS) is 10.5. The molecule has 0 unspecified atom stereocenters. The molecule has 0 aliphatic rings. The highest BCUT2D eigenvalue weighted by atomic mass is 16.6. The summed E-state index contributed by atoms with van der Waals surface area (Å²) in [6.07, 6.45) is 0. The zero-order valence-corrected chi connectivity index (χ0v) is 12.3. The van der Waals surface area contributed by atoms with E-state index >= 15 is 0 Å². The molecule has 0 aliphatic carbocycles. The van der Waals surface area contributed by atoms with Gasteiger partial charge in [-0.25, -0.2) is 0 Å². The molecule has 0 saturated carbocycles. The van der Waals surface area contributed by atoms with E-state index in [4.69, 9.17) is 10.5 Å². The van der Waals surface area contributed by atoms with Crippen molar-refractivity contribution in [2.45, 2.75) is 27.3 Å². The molecule has 2 aromatic rings. The minimum atomic E-state index is -0.418. The van der Waals surface area contributed by atoms with E-state index in [1.165, 1.54) is 6.07 Å². The Morgan fingerprint density at radius 1 is 1.14 bits per heavy atom. The molecule has 0 aromatic heterocycles. The Bertz CT molecular complexity index is 696. The van der Waals surface area contributed by atoms with Gasteiger partial charge in [-0.2, -0.15) is 0 Å². The summed E-state index contributed by atoms with van der Waals surface area (Å²) in [4.78, 5) is 10.8. The SMILES string of the molecule is Cc1cc(C)c(Oc2ccc(CN)cc2C)c([N+](=O)[O-])c1. The average molecular weight is 286 g/mol. The lowest BCUT2D eigenvalue weighted by Gasteiger charge is -2.12. The molecule has 0 atom stereocenters.